The minimum atomic E-state index is -1.46. The third-order valence-electron chi connectivity index (χ3n) is 6.59. The van der Waals surface area contributed by atoms with E-state index in [1.54, 1.807) is 20.2 Å². The molecule has 42 heavy (non-hydrogen) atoms. The summed E-state index contributed by atoms with van der Waals surface area (Å²) in [6, 6.07) is 2.84. The van der Waals surface area contributed by atoms with Crippen LogP contribution in [0.5, 0.6) is 0 Å². The lowest BCUT2D eigenvalue weighted by Gasteiger charge is -2.50. The number of hydrogen-bond acceptors (Lipinski definition) is 13. The number of β-lactam (4-membered cyclic amide) rings is 1. The molecule has 0 saturated carbocycles. The van der Waals surface area contributed by atoms with Gasteiger partial charge in [-0.25, -0.2) is 4.57 Å². The topological polar surface area (TPSA) is 197 Å². The highest BCUT2D eigenvalue weighted by Gasteiger charge is 2.53. The number of carbonyl (C=O) groups is 3. The molecular formula is C25H30N10O5S2. The smallest absolute Gasteiger partial charge is 0.349 e. The Labute approximate surface area is 249 Å². The second-order valence-corrected chi connectivity index (χ2v) is 11.8. The van der Waals surface area contributed by atoms with E-state index >= 15 is 0 Å². The summed E-state index contributed by atoms with van der Waals surface area (Å²) >= 11 is 2.23. The van der Waals surface area contributed by atoms with Crippen LogP contribution in [0.1, 0.15) is 26.1 Å². The molecule has 2 unspecified atom stereocenters. The van der Waals surface area contributed by atoms with E-state index in [1.807, 2.05) is 34.5 Å². The van der Waals surface area contributed by atoms with Crippen LogP contribution < -0.4 is 26.0 Å². The maximum absolute atomic E-state index is 13.2. The Bertz CT molecular complexity index is 1580. The van der Waals surface area contributed by atoms with E-state index in [0.717, 1.165) is 36.6 Å². The first-order chi connectivity index (χ1) is 20.2. The molecule has 17 heteroatoms. The highest BCUT2D eigenvalue weighted by molar-refractivity contribution is 8.00. The highest BCUT2D eigenvalue weighted by Crippen LogP contribution is 2.40. The standard InChI is InChI=1S/C25H30N10O5S2/c1-13(2)40-31-16(19-30-25(26)42-32-19)21(36)29-17-22(37)35-18(24(38)39)14(11-41-23(17)35)10-33-8-4-6-15-20(33)28-12-34(15)9-5-7-27-3/h4,6,8,12-13,17,23,27H,5,7,9-11H2,1-3H3,(H3-,26,29,30,32,36,38,39)/b31-16-. The summed E-state index contributed by atoms with van der Waals surface area (Å²) in [5.74, 6) is -2.52. The zero-order valence-corrected chi connectivity index (χ0v) is 24.8. The SMILES string of the molecule is CNCCCn1cnc2c1ccc[n+]2CC1=C(C(=O)[O-])N2C(=O)C(NC(=O)/C(=N\OC(C)C)c3nsc(N)n3)C2SC1. The lowest BCUT2D eigenvalue weighted by atomic mass is 10.0. The molecule has 5 heterocycles. The number of fused-ring (bicyclic) bond motifs is 2. The molecule has 222 valence electrons. The van der Waals surface area contributed by atoms with Crippen molar-refractivity contribution in [2.24, 2.45) is 5.16 Å². The fourth-order valence-corrected chi connectivity index (χ4v) is 6.46. The molecule has 15 nitrogen and oxygen atoms in total. The Morgan fingerprint density at radius 2 is 2.19 bits per heavy atom. The van der Waals surface area contributed by atoms with Crippen molar-refractivity contribution in [3.63, 3.8) is 0 Å². The predicted molar refractivity (Wildman–Crippen MR) is 153 cm³/mol. The number of nitrogens with two attached hydrogens (primary N) is 1. The van der Waals surface area contributed by atoms with Crippen molar-refractivity contribution in [2.45, 2.75) is 50.9 Å². The Hall–Kier alpha value is -4.09. The van der Waals surface area contributed by atoms with Crippen LogP contribution in [0.15, 0.2) is 41.1 Å². The first-order valence-electron chi connectivity index (χ1n) is 13.2. The Morgan fingerprint density at radius 1 is 1.38 bits per heavy atom. The van der Waals surface area contributed by atoms with Gasteiger partial charge in [0.25, 0.3) is 11.8 Å². The molecule has 3 aromatic heterocycles. The molecule has 5 rings (SSSR count). The number of thioether (sulfide) groups is 1. The van der Waals surface area contributed by atoms with Crippen LogP contribution in [-0.4, -0.2) is 84.2 Å². The number of hydrogen-bond donors (Lipinski definition) is 3. The lowest BCUT2D eigenvalue weighted by Crippen LogP contribution is -2.71. The van der Waals surface area contributed by atoms with Crippen LogP contribution in [0.3, 0.4) is 0 Å². The number of imidazole rings is 1. The van der Waals surface area contributed by atoms with Gasteiger partial charge in [-0.2, -0.15) is 9.36 Å². The number of carboxylic acid groups (broad SMARTS) is 1. The average molecular weight is 615 g/mol. The number of aromatic nitrogens is 5. The zero-order valence-electron chi connectivity index (χ0n) is 23.1. The molecule has 2 aliphatic heterocycles. The van der Waals surface area contributed by atoms with Crippen LogP contribution in [-0.2, 0) is 32.3 Å². The molecular weight excluding hydrogens is 584 g/mol. The van der Waals surface area contributed by atoms with Crippen molar-refractivity contribution in [3.8, 4) is 0 Å². The largest absolute Gasteiger partial charge is 0.543 e. The molecule has 2 atom stereocenters. The van der Waals surface area contributed by atoms with Crippen LogP contribution >= 0.6 is 23.3 Å². The van der Waals surface area contributed by atoms with Gasteiger partial charge in [0.2, 0.25) is 17.9 Å². The molecule has 1 fully saturated rings. The summed E-state index contributed by atoms with van der Waals surface area (Å²) in [6.45, 7) is 5.32. The molecule has 0 aliphatic carbocycles. The van der Waals surface area contributed by atoms with Crippen molar-refractivity contribution in [2.75, 3.05) is 25.1 Å². The van der Waals surface area contributed by atoms with Gasteiger partial charge in [-0.1, -0.05) is 5.16 Å². The zero-order chi connectivity index (χ0) is 30.0. The van der Waals surface area contributed by atoms with Crippen LogP contribution in [0.2, 0.25) is 0 Å². The molecule has 1 saturated heterocycles. The minimum absolute atomic E-state index is 0.0381. The number of anilines is 1. The molecule has 2 aliphatic rings. The summed E-state index contributed by atoms with van der Waals surface area (Å²) in [6.07, 6.45) is 4.19. The maximum Gasteiger partial charge on any atom is 0.349 e. The molecule has 4 N–H and O–H groups in total. The van der Waals surface area contributed by atoms with E-state index in [9.17, 15) is 19.5 Å². The van der Waals surface area contributed by atoms with Gasteiger partial charge < -0.3 is 35.7 Å². The normalized spacial score (nSPS) is 18.8. The Balaban J connectivity index is 1.35. The monoisotopic (exact) mass is 614 g/mol. The van der Waals surface area contributed by atoms with Gasteiger partial charge in [-0.05, 0) is 51.0 Å². The molecule has 0 spiro atoms. The van der Waals surface area contributed by atoms with Crippen LogP contribution in [0.25, 0.3) is 11.2 Å². The van der Waals surface area contributed by atoms with Crippen molar-refractivity contribution >= 4 is 63.1 Å². The van der Waals surface area contributed by atoms with Crippen LogP contribution in [0.4, 0.5) is 5.13 Å². The average Bonchev–Trinajstić information content (AvgIpc) is 3.58. The fourth-order valence-electron chi connectivity index (χ4n) is 4.70. The minimum Gasteiger partial charge on any atom is -0.543 e. The number of carboxylic acids is 1. The van der Waals surface area contributed by atoms with Crippen molar-refractivity contribution in [3.05, 3.63) is 41.8 Å². The number of nitrogens with one attached hydrogen (secondary N) is 2. The second-order valence-electron chi connectivity index (χ2n) is 9.89. The molecule has 0 aromatic carbocycles. The van der Waals surface area contributed by atoms with Gasteiger partial charge in [0.15, 0.2) is 5.13 Å². The van der Waals surface area contributed by atoms with Gasteiger partial charge in [0, 0.05) is 29.4 Å². The summed E-state index contributed by atoms with van der Waals surface area (Å²) < 4.78 is 7.93. The van der Waals surface area contributed by atoms with E-state index in [4.69, 9.17) is 10.6 Å². The van der Waals surface area contributed by atoms with E-state index in [-0.39, 0.29) is 35.0 Å². The molecule has 3 aromatic rings. The number of aryl methyl sites for hydroxylation is 1. The summed E-state index contributed by atoms with van der Waals surface area (Å²) in [5, 5.41) is 21.4. The van der Waals surface area contributed by atoms with Crippen molar-refractivity contribution in [1.29, 1.82) is 0 Å². The summed E-state index contributed by atoms with van der Waals surface area (Å²) in [5.41, 5.74) is 7.36. The lowest BCUT2D eigenvalue weighted by molar-refractivity contribution is -0.664. The summed E-state index contributed by atoms with van der Waals surface area (Å²) in [7, 11) is 1.90. The van der Waals surface area contributed by atoms with Gasteiger partial charge >= 0.3 is 5.65 Å². The number of rotatable bonds is 12. The first kappa shape index (κ1) is 29.4. The number of pyridine rings is 1. The molecule has 0 bridgehead atoms. The third-order valence-corrected chi connectivity index (χ3v) is 8.47. The molecule has 2 amide bonds. The van der Waals surface area contributed by atoms with Crippen molar-refractivity contribution in [1.82, 2.24) is 34.4 Å². The summed E-state index contributed by atoms with van der Waals surface area (Å²) in [4.78, 5) is 53.7. The second kappa shape index (κ2) is 12.4. The fraction of sp³-hybridized carbons (Fsp3) is 0.440. The number of nitrogens with zero attached hydrogens (tertiary/aromatic N) is 7. The number of carbonyl (C=O) groups excluding carboxylic acids is 3. The van der Waals surface area contributed by atoms with Gasteiger partial charge in [-0.3, -0.25) is 14.5 Å². The van der Waals surface area contributed by atoms with E-state index < -0.39 is 29.2 Å². The predicted octanol–water partition coefficient (Wildman–Crippen LogP) is -1.40. The number of nitrogen functional groups attached to an aromatic ring is 1. The van der Waals surface area contributed by atoms with Gasteiger partial charge in [0.05, 0.1) is 17.9 Å². The number of aliphatic carboxylic acids is 1. The van der Waals surface area contributed by atoms with E-state index in [0.29, 0.717) is 17.0 Å². The van der Waals surface area contributed by atoms with E-state index in [1.165, 1.54) is 16.7 Å². The van der Waals surface area contributed by atoms with Gasteiger partial charge in [0.1, 0.15) is 29.6 Å². The third kappa shape index (κ3) is 5.79. The van der Waals surface area contributed by atoms with Crippen LogP contribution in [0, 0.1) is 0 Å². The Morgan fingerprint density at radius 3 is 2.88 bits per heavy atom. The number of oxime groups is 1. The highest BCUT2D eigenvalue weighted by atomic mass is 32.2. The van der Waals surface area contributed by atoms with E-state index in [2.05, 4.69) is 30.1 Å². The Kier molecular flexibility index (Phi) is 8.69. The molecule has 0 radical (unpaired) electrons. The first-order valence-corrected chi connectivity index (χ1v) is 15.0. The van der Waals surface area contributed by atoms with Gasteiger partial charge in [-0.15, -0.1) is 11.8 Å². The van der Waals surface area contributed by atoms with Crippen molar-refractivity contribution < 1.29 is 28.9 Å². The number of amides is 2. The quantitative estimate of drug-likeness (QED) is 0.0713. The maximum atomic E-state index is 13.2.